The fraction of sp³-hybridized carbons (Fsp3) is 0. The molecule has 2 heterocycles. The van der Waals surface area contributed by atoms with E-state index in [1.54, 1.807) is 29.7 Å². The van der Waals surface area contributed by atoms with Crippen LogP contribution in [0.5, 0.6) is 0 Å². The number of hydrogen-bond acceptors (Lipinski definition) is 4. The molecule has 4 nitrogen and oxygen atoms in total. The smallest absolute Gasteiger partial charge is 0.150 e. The first-order chi connectivity index (χ1) is 7.88. The average molecular weight is 229 g/mol. The fourth-order valence-corrected chi connectivity index (χ4v) is 2.25. The van der Waals surface area contributed by atoms with Gasteiger partial charge in [0.15, 0.2) is 0 Å². The van der Waals surface area contributed by atoms with Crippen LogP contribution in [0.3, 0.4) is 0 Å². The first kappa shape index (κ1) is 9.23. The number of aromatic nitrogens is 3. The maximum Gasteiger partial charge on any atom is 0.150 e. The van der Waals surface area contributed by atoms with Crippen LogP contribution in [0.15, 0.2) is 29.8 Å². The zero-order valence-electron chi connectivity index (χ0n) is 8.18. The summed E-state index contributed by atoms with van der Waals surface area (Å²) in [5.41, 5.74) is 2.33. The Hall–Kier alpha value is -2.01. The average Bonchev–Trinajstić information content (AvgIpc) is 2.96. The molecule has 1 aromatic carbocycles. The molecule has 2 aromatic heterocycles. The van der Waals surface area contributed by atoms with E-state index in [-0.39, 0.29) is 0 Å². The molecular weight excluding hydrogens is 222 g/mol. The zero-order chi connectivity index (χ0) is 11.0. The van der Waals surface area contributed by atoms with Gasteiger partial charge in [-0.05, 0) is 12.1 Å². The van der Waals surface area contributed by atoms with Crippen molar-refractivity contribution in [1.29, 1.82) is 0 Å². The van der Waals surface area contributed by atoms with Crippen LogP contribution in [0, 0.1) is 0 Å². The van der Waals surface area contributed by atoms with Gasteiger partial charge in [0, 0.05) is 22.5 Å². The number of carbonyl (C=O) groups is 1. The van der Waals surface area contributed by atoms with Gasteiger partial charge in [-0.3, -0.25) is 9.89 Å². The Bertz CT molecular complexity index is 642. The summed E-state index contributed by atoms with van der Waals surface area (Å²) < 4.78 is 0. The Kier molecular flexibility index (Phi) is 2.04. The number of aromatic amines is 1. The fourth-order valence-electron chi connectivity index (χ4n) is 1.61. The minimum atomic E-state index is 0.641. The Morgan fingerprint density at radius 3 is 3.06 bits per heavy atom. The normalized spacial score (nSPS) is 10.8. The van der Waals surface area contributed by atoms with E-state index in [0.29, 0.717) is 5.56 Å². The van der Waals surface area contributed by atoms with Crippen LogP contribution in [0.25, 0.3) is 21.6 Å². The Morgan fingerprint density at radius 1 is 1.38 bits per heavy atom. The van der Waals surface area contributed by atoms with Gasteiger partial charge >= 0.3 is 0 Å². The van der Waals surface area contributed by atoms with Crippen molar-refractivity contribution in [2.45, 2.75) is 0 Å². The summed E-state index contributed by atoms with van der Waals surface area (Å²) in [4.78, 5) is 14.9. The third-order valence-corrected chi connectivity index (χ3v) is 3.14. The number of nitrogens with one attached hydrogen (secondary N) is 1. The molecule has 1 N–H and O–H groups in total. The summed E-state index contributed by atoms with van der Waals surface area (Å²) in [5.74, 6) is 0. The molecule has 3 aromatic rings. The predicted octanol–water partition coefficient (Wildman–Crippen LogP) is 2.50. The molecule has 0 saturated heterocycles. The van der Waals surface area contributed by atoms with E-state index >= 15 is 0 Å². The number of hydrogen-bond donors (Lipinski definition) is 1. The van der Waals surface area contributed by atoms with Crippen LogP contribution in [-0.4, -0.2) is 21.5 Å². The van der Waals surface area contributed by atoms with Gasteiger partial charge in [-0.15, -0.1) is 11.3 Å². The van der Waals surface area contributed by atoms with Crippen LogP contribution in [0.2, 0.25) is 0 Å². The monoisotopic (exact) mass is 229 g/mol. The third kappa shape index (κ3) is 1.33. The number of fused-ring (bicyclic) bond motifs is 1. The number of H-pyrrole nitrogens is 1. The van der Waals surface area contributed by atoms with Crippen LogP contribution in [0.4, 0.5) is 0 Å². The summed E-state index contributed by atoms with van der Waals surface area (Å²) in [6, 6.07) is 5.45. The van der Waals surface area contributed by atoms with Gasteiger partial charge in [0.05, 0.1) is 5.52 Å². The molecule has 78 valence electrons. The second-order valence-electron chi connectivity index (χ2n) is 3.33. The molecule has 0 aliphatic carbocycles. The van der Waals surface area contributed by atoms with Gasteiger partial charge < -0.3 is 0 Å². The largest absolute Gasteiger partial charge is 0.298 e. The Labute approximate surface area is 95.0 Å². The van der Waals surface area contributed by atoms with Gasteiger partial charge in [0.1, 0.15) is 17.0 Å². The highest BCUT2D eigenvalue weighted by Gasteiger charge is 2.10. The molecule has 0 fully saturated rings. The number of nitrogens with zero attached hydrogens (tertiary/aromatic N) is 2. The molecule has 0 aliphatic rings. The lowest BCUT2D eigenvalue weighted by Gasteiger charge is -1.92. The summed E-state index contributed by atoms with van der Waals surface area (Å²) in [6.07, 6.45) is 2.57. The Morgan fingerprint density at radius 2 is 2.31 bits per heavy atom. The van der Waals surface area contributed by atoms with Crippen molar-refractivity contribution in [2.75, 3.05) is 0 Å². The van der Waals surface area contributed by atoms with Crippen LogP contribution in [0.1, 0.15) is 10.4 Å². The van der Waals surface area contributed by atoms with Gasteiger partial charge in [-0.1, -0.05) is 6.07 Å². The molecule has 3 rings (SSSR count). The van der Waals surface area contributed by atoms with Crippen LogP contribution >= 0.6 is 11.3 Å². The second kappa shape index (κ2) is 3.53. The number of carbonyl (C=O) groups excluding carboxylic acids is 1. The van der Waals surface area contributed by atoms with E-state index in [4.69, 9.17) is 0 Å². The molecule has 0 spiro atoms. The number of rotatable bonds is 2. The SMILES string of the molecule is O=Cc1ccc2c(-c3nccs3)n[nH]c2c1. The van der Waals surface area contributed by atoms with Crippen molar-refractivity contribution >= 4 is 28.5 Å². The first-order valence-electron chi connectivity index (χ1n) is 4.71. The standard InChI is InChI=1S/C11H7N3OS/c15-6-7-1-2-8-9(5-7)13-14-10(8)11-12-3-4-16-11/h1-6H,(H,13,14). The number of thiazole rings is 1. The lowest BCUT2D eigenvalue weighted by Crippen LogP contribution is -1.79. The topological polar surface area (TPSA) is 58.6 Å². The van der Waals surface area contributed by atoms with E-state index in [1.807, 2.05) is 11.4 Å². The number of aldehydes is 1. The van der Waals surface area contributed by atoms with Gasteiger partial charge in [-0.2, -0.15) is 5.10 Å². The molecule has 16 heavy (non-hydrogen) atoms. The van der Waals surface area contributed by atoms with Gasteiger partial charge in [0.2, 0.25) is 0 Å². The number of benzene rings is 1. The van der Waals surface area contributed by atoms with Crippen molar-refractivity contribution in [3.05, 3.63) is 35.3 Å². The van der Waals surface area contributed by atoms with Gasteiger partial charge in [0.25, 0.3) is 0 Å². The van der Waals surface area contributed by atoms with Crippen LogP contribution < -0.4 is 0 Å². The molecule has 0 amide bonds. The summed E-state index contributed by atoms with van der Waals surface area (Å²) in [5, 5.41) is 10.9. The minimum Gasteiger partial charge on any atom is -0.298 e. The molecule has 5 heteroatoms. The van der Waals surface area contributed by atoms with Crippen molar-refractivity contribution in [2.24, 2.45) is 0 Å². The van der Waals surface area contributed by atoms with Crippen molar-refractivity contribution in [3.63, 3.8) is 0 Å². The van der Waals surface area contributed by atoms with E-state index in [2.05, 4.69) is 15.2 Å². The molecule has 0 aliphatic heterocycles. The molecule has 0 unspecified atom stereocenters. The first-order valence-corrected chi connectivity index (χ1v) is 5.59. The molecule has 0 radical (unpaired) electrons. The summed E-state index contributed by atoms with van der Waals surface area (Å²) in [7, 11) is 0. The second-order valence-corrected chi connectivity index (χ2v) is 4.23. The quantitative estimate of drug-likeness (QED) is 0.687. The van der Waals surface area contributed by atoms with Crippen molar-refractivity contribution in [3.8, 4) is 10.7 Å². The highest BCUT2D eigenvalue weighted by Crippen LogP contribution is 2.27. The summed E-state index contributed by atoms with van der Waals surface area (Å²) >= 11 is 1.54. The van der Waals surface area contributed by atoms with E-state index < -0.39 is 0 Å². The molecule has 0 saturated carbocycles. The predicted molar refractivity (Wildman–Crippen MR) is 62.6 cm³/mol. The van der Waals surface area contributed by atoms with Crippen LogP contribution in [-0.2, 0) is 0 Å². The third-order valence-electron chi connectivity index (χ3n) is 2.36. The highest BCUT2D eigenvalue weighted by atomic mass is 32.1. The van der Waals surface area contributed by atoms with Crippen molar-refractivity contribution in [1.82, 2.24) is 15.2 Å². The zero-order valence-corrected chi connectivity index (χ0v) is 8.99. The molecule has 0 bridgehead atoms. The lowest BCUT2D eigenvalue weighted by atomic mass is 10.1. The van der Waals surface area contributed by atoms with Crippen molar-refractivity contribution < 1.29 is 4.79 Å². The maximum absolute atomic E-state index is 10.6. The molecule has 0 atom stereocenters. The lowest BCUT2D eigenvalue weighted by molar-refractivity contribution is 0.112. The van der Waals surface area contributed by atoms with Gasteiger partial charge in [-0.25, -0.2) is 4.98 Å². The van der Waals surface area contributed by atoms with E-state index in [1.165, 1.54) is 0 Å². The Balaban J connectivity index is 2.25. The van der Waals surface area contributed by atoms with E-state index in [9.17, 15) is 4.79 Å². The molecular formula is C11H7N3OS. The minimum absolute atomic E-state index is 0.641. The van der Waals surface area contributed by atoms with E-state index in [0.717, 1.165) is 27.9 Å². The summed E-state index contributed by atoms with van der Waals surface area (Å²) in [6.45, 7) is 0. The highest BCUT2D eigenvalue weighted by molar-refractivity contribution is 7.13. The maximum atomic E-state index is 10.6.